The molecule has 1 amide bonds. The van der Waals surface area contributed by atoms with Gasteiger partial charge >= 0.3 is 5.97 Å². The monoisotopic (exact) mass is 435 g/mol. The normalized spacial score (nSPS) is 11.9. The zero-order valence-corrected chi connectivity index (χ0v) is 17.0. The second-order valence-electron chi connectivity index (χ2n) is 5.88. The number of ether oxygens (including phenoxy) is 1. The summed E-state index contributed by atoms with van der Waals surface area (Å²) in [6, 6.07) is 14.5. The van der Waals surface area contributed by atoms with Gasteiger partial charge in [-0.05, 0) is 43.3 Å². The number of carbonyl (C=O) groups is 2. The number of benzene rings is 2. The van der Waals surface area contributed by atoms with Gasteiger partial charge in [-0.25, -0.2) is 8.42 Å². The minimum Gasteiger partial charge on any atom is -0.454 e. The van der Waals surface area contributed by atoms with E-state index in [-0.39, 0.29) is 11.4 Å². The molecule has 0 aliphatic rings. The number of esters is 1. The molecule has 0 radical (unpaired) electrons. The van der Waals surface area contributed by atoms with Crippen LogP contribution in [0.4, 0.5) is 5.69 Å². The number of para-hydroxylation sites is 1. The second-order valence-corrected chi connectivity index (χ2v) is 8.03. The molecular weight excluding hydrogens is 418 g/mol. The van der Waals surface area contributed by atoms with Crippen molar-refractivity contribution in [3.8, 4) is 6.07 Å². The van der Waals surface area contributed by atoms with Crippen LogP contribution >= 0.6 is 11.6 Å². The summed E-state index contributed by atoms with van der Waals surface area (Å²) in [7, 11) is -3.98. The van der Waals surface area contributed by atoms with Gasteiger partial charge in [-0.2, -0.15) is 9.98 Å². The predicted molar refractivity (Wildman–Crippen MR) is 107 cm³/mol. The van der Waals surface area contributed by atoms with E-state index in [2.05, 4.69) is 4.72 Å². The topological polar surface area (TPSA) is 117 Å². The summed E-state index contributed by atoms with van der Waals surface area (Å²) in [4.78, 5) is 25.6. The number of rotatable bonds is 8. The molecule has 1 N–H and O–H groups in total. The first-order valence-electron chi connectivity index (χ1n) is 8.41. The van der Waals surface area contributed by atoms with Crippen molar-refractivity contribution in [2.75, 3.05) is 18.1 Å². The van der Waals surface area contributed by atoms with Gasteiger partial charge < -0.3 is 4.74 Å². The quantitative estimate of drug-likeness (QED) is 0.501. The number of nitrogens with zero attached hydrogens (tertiary/aromatic N) is 2. The third-order valence-electron chi connectivity index (χ3n) is 3.75. The maximum absolute atomic E-state index is 12.3. The maximum Gasteiger partial charge on any atom is 0.324 e. The molecule has 0 unspecified atom stereocenters. The Balaban J connectivity index is 1.97. The molecule has 0 spiro atoms. The summed E-state index contributed by atoms with van der Waals surface area (Å²) in [6.07, 6.45) is 0. The van der Waals surface area contributed by atoms with Crippen LogP contribution in [-0.2, 0) is 24.3 Å². The standard InChI is InChI=1S/C19H18ClN3O5S/c1-14(22-29(26,27)17-9-7-15(20)8-10-17)19(25)28-13-18(24)23(12-11-21)16-5-3-2-4-6-16/h2-10,14,22H,12-13H2,1H3/t14-/m0/s1. The molecule has 10 heteroatoms. The van der Waals surface area contributed by atoms with Crippen LogP contribution in [0.3, 0.4) is 0 Å². The van der Waals surface area contributed by atoms with Crippen molar-refractivity contribution >= 4 is 39.2 Å². The lowest BCUT2D eigenvalue weighted by Gasteiger charge is -2.20. The molecule has 0 aliphatic carbocycles. The molecule has 0 saturated carbocycles. The van der Waals surface area contributed by atoms with Crippen molar-refractivity contribution in [3.05, 3.63) is 59.6 Å². The highest BCUT2D eigenvalue weighted by Crippen LogP contribution is 2.15. The minimum atomic E-state index is -3.98. The molecular formula is C19H18ClN3O5S. The summed E-state index contributed by atoms with van der Waals surface area (Å²) in [5, 5.41) is 9.30. The molecule has 29 heavy (non-hydrogen) atoms. The number of halogens is 1. The molecule has 2 aromatic rings. The summed E-state index contributed by atoms with van der Waals surface area (Å²) < 4.78 is 31.7. The fraction of sp³-hybridized carbons (Fsp3) is 0.211. The minimum absolute atomic E-state index is 0.0677. The van der Waals surface area contributed by atoms with Gasteiger partial charge in [0.15, 0.2) is 6.61 Å². The average molecular weight is 436 g/mol. The smallest absolute Gasteiger partial charge is 0.324 e. The largest absolute Gasteiger partial charge is 0.454 e. The first-order valence-corrected chi connectivity index (χ1v) is 10.3. The second kappa shape index (κ2) is 10.0. The van der Waals surface area contributed by atoms with E-state index in [1.165, 1.54) is 31.2 Å². The van der Waals surface area contributed by atoms with E-state index in [0.717, 1.165) is 4.90 Å². The summed E-state index contributed by atoms with van der Waals surface area (Å²) in [5.41, 5.74) is 0.478. The number of nitrogens with one attached hydrogen (secondary N) is 1. The van der Waals surface area contributed by atoms with Gasteiger partial charge in [-0.1, -0.05) is 29.8 Å². The number of hydrogen-bond acceptors (Lipinski definition) is 6. The van der Waals surface area contributed by atoms with Crippen LogP contribution in [0.5, 0.6) is 0 Å². The van der Waals surface area contributed by atoms with E-state index in [4.69, 9.17) is 21.6 Å². The van der Waals surface area contributed by atoms with Crippen molar-refractivity contribution < 1.29 is 22.7 Å². The zero-order valence-electron chi connectivity index (χ0n) is 15.4. The average Bonchev–Trinajstić information content (AvgIpc) is 2.70. The van der Waals surface area contributed by atoms with E-state index in [1.54, 1.807) is 30.3 Å². The highest BCUT2D eigenvalue weighted by Gasteiger charge is 2.25. The summed E-state index contributed by atoms with van der Waals surface area (Å²) >= 11 is 5.74. The van der Waals surface area contributed by atoms with Crippen LogP contribution in [0.25, 0.3) is 0 Å². The number of nitriles is 1. The van der Waals surface area contributed by atoms with E-state index in [0.29, 0.717) is 10.7 Å². The molecule has 0 saturated heterocycles. The Morgan fingerprint density at radius 3 is 2.38 bits per heavy atom. The Bertz CT molecular complexity index is 1000. The van der Waals surface area contributed by atoms with Crippen molar-refractivity contribution in [2.24, 2.45) is 0 Å². The summed E-state index contributed by atoms with van der Waals surface area (Å²) in [6.45, 7) is 0.437. The number of anilines is 1. The molecule has 0 fully saturated rings. The number of amides is 1. The van der Waals surface area contributed by atoms with Crippen LogP contribution in [0.15, 0.2) is 59.5 Å². The summed E-state index contributed by atoms with van der Waals surface area (Å²) in [5.74, 6) is -1.54. The van der Waals surface area contributed by atoms with Crippen LogP contribution in [0.2, 0.25) is 5.02 Å². The van der Waals surface area contributed by atoms with E-state index < -0.39 is 34.5 Å². The van der Waals surface area contributed by atoms with Gasteiger partial charge in [-0.15, -0.1) is 0 Å². The van der Waals surface area contributed by atoms with Gasteiger partial charge in [0.05, 0.1) is 11.0 Å². The number of carbonyl (C=O) groups excluding carboxylic acids is 2. The van der Waals surface area contributed by atoms with Crippen LogP contribution in [0, 0.1) is 11.3 Å². The van der Waals surface area contributed by atoms with E-state index in [9.17, 15) is 18.0 Å². The lowest BCUT2D eigenvalue weighted by molar-refractivity contribution is -0.149. The third-order valence-corrected chi connectivity index (χ3v) is 5.55. The van der Waals surface area contributed by atoms with Crippen molar-refractivity contribution in [1.29, 1.82) is 5.26 Å². The molecule has 0 aliphatic heterocycles. The van der Waals surface area contributed by atoms with Gasteiger partial charge in [0, 0.05) is 10.7 Å². The van der Waals surface area contributed by atoms with Gasteiger partial charge in [0.1, 0.15) is 12.6 Å². The fourth-order valence-electron chi connectivity index (χ4n) is 2.30. The molecule has 2 rings (SSSR count). The molecule has 8 nitrogen and oxygen atoms in total. The molecule has 1 atom stereocenters. The molecule has 0 aromatic heterocycles. The van der Waals surface area contributed by atoms with E-state index in [1.807, 2.05) is 6.07 Å². The first kappa shape index (κ1) is 22.4. The first-order chi connectivity index (χ1) is 13.7. The SMILES string of the molecule is C[C@H](NS(=O)(=O)c1ccc(Cl)cc1)C(=O)OCC(=O)N(CC#N)c1ccccc1. The van der Waals surface area contributed by atoms with Crippen molar-refractivity contribution in [2.45, 2.75) is 17.9 Å². The van der Waals surface area contributed by atoms with Gasteiger partial charge in [0.25, 0.3) is 5.91 Å². The van der Waals surface area contributed by atoms with Crippen LogP contribution in [-0.4, -0.2) is 39.5 Å². The Kier molecular flexibility index (Phi) is 7.73. The molecule has 0 bridgehead atoms. The van der Waals surface area contributed by atoms with Crippen LogP contribution < -0.4 is 9.62 Å². The van der Waals surface area contributed by atoms with Gasteiger partial charge in [-0.3, -0.25) is 14.5 Å². The Hall–Kier alpha value is -2.93. The molecule has 0 heterocycles. The number of hydrogen-bond donors (Lipinski definition) is 1. The Morgan fingerprint density at radius 1 is 1.17 bits per heavy atom. The Labute approximate surface area is 173 Å². The number of sulfonamides is 1. The maximum atomic E-state index is 12.3. The predicted octanol–water partition coefficient (Wildman–Crippen LogP) is 2.11. The molecule has 2 aromatic carbocycles. The lowest BCUT2D eigenvalue weighted by atomic mass is 10.3. The highest BCUT2D eigenvalue weighted by atomic mass is 35.5. The van der Waals surface area contributed by atoms with Gasteiger partial charge in [0.2, 0.25) is 10.0 Å². The molecule has 152 valence electrons. The third kappa shape index (κ3) is 6.29. The fourth-order valence-corrected chi connectivity index (χ4v) is 3.62. The van der Waals surface area contributed by atoms with E-state index >= 15 is 0 Å². The zero-order chi connectivity index (χ0) is 21.4. The lowest BCUT2D eigenvalue weighted by Crippen LogP contribution is -2.41. The van der Waals surface area contributed by atoms with Crippen molar-refractivity contribution in [3.63, 3.8) is 0 Å². The highest BCUT2D eigenvalue weighted by molar-refractivity contribution is 7.89. The van der Waals surface area contributed by atoms with Crippen molar-refractivity contribution in [1.82, 2.24) is 4.72 Å². The Morgan fingerprint density at radius 2 is 1.79 bits per heavy atom. The van der Waals surface area contributed by atoms with Crippen LogP contribution in [0.1, 0.15) is 6.92 Å².